The second kappa shape index (κ2) is 6.62. The molecule has 1 aromatic carbocycles. The Kier molecular flexibility index (Phi) is 4.60. The van der Waals surface area contributed by atoms with Gasteiger partial charge in [0.2, 0.25) is 0 Å². The number of nitrogens with one attached hydrogen (secondary N) is 1. The smallest absolute Gasteiger partial charge is 0.263 e. The zero-order valence-electron chi connectivity index (χ0n) is 11.6. The molecule has 1 aromatic heterocycles. The molecule has 2 aromatic rings. The minimum absolute atomic E-state index is 0.173. The Labute approximate surface area is 137 Å². The minimum Gasteiger partial charge on any atom is -0.382 e. The average molecular weight is 365 g/mol. The summed E-state index contributed by atoms with van der Waals surface area (Å²) >= 11 is 4.96. The summed E-state index contributed by atoms with van der Waals surface area (Å²) in [4.78, 5) is 15.1. The van der Waals surface area contributed by atoms with Crippen LogP contribution in [0.2, 0.25) is 0 Å². The summed E-state index contributed by atoms with van der Waals surface area (Å²) in [6.07, 6.45) is 1.99. The molecule has 0 spiro atoms. The number of likely N-dealkylation sites (tertiary alicyclic amines) is 1. The maximum atomic E-state index is 12.3. The molecule has 0 bridgehead atoms. The van der Waals surface area contributed by atoms with Crippen LogP contribution in [0.5, 0.6) is 0 Å². The number of amides is 1. The highest BCUT2D eigenvalue weighted by Gasteiger charge is 2.23. The second-order valence-corrected chi connectivity index (χ2v) is 7.06. The number of thiophene rings is 1. The maximum absolute atomic E-state index is 12.3. The Morgan fingerprint density at radius 3 is 2.52 bits per heavy atom. The summed E-state index contributed by atoms with van der Waals surface area (Å²) in [5.41, 5.74) is 1.14. The molecule has 0 unspecified atom stereocenters. The highest BCUT2D eigenvalue weighted by molar-refractivity contribution is 9.10. The van der Waals surface area contributed by atoms with Crippen LogP contribution in [0.4, 0.5) is 5.69 Å². The fourth-order valence-corrected chi connectivity index (χ4v) is 3.52. The lowest BCUT2D eigenvalue weighted by atomic mass is 10.0. The van der Waals surface area contributed by atoms with Crippen LogP contribution in [0.3, 0.4) is 0 Å². The zero-order valence-corrected chi connectivity index (χ0v) is 14.0. The quantitative estimate of drug-likeness (QED) is 0.883. The number of hydrogen-bond donors (Lipinski definition) is 1. The van der Waals surface area contributed by atoms with Crippen molar-refractivity contribution >= 4 is 38.9 Å². The number of rotatable bonds is 3. The van der Waals surface area contributed by atoms with Crippen molar-refractivity contribution in [1.82, 2.24) is 4.90 Å². The number of benzene rings is 1. The predicted molar refractivity (Wildman–Crippen MR) is 91.0 cm³/mol. The zero-order chi connectivity index (χ0) is 14.7. The Bertz CT molecular complexity index is 589. The third kappa shape index (κ3) is 3.66. The van der Waals surface area contributed by atoms with Crippen LogP contribution < -0.4 is 5.32 Å². The van der Waals surface area contributed by atoms with Crippen LogP contribution in [0, 0.1) is 0 Å². The third-order valence-corrected chi connectivity index (χ3v) is 5.12. The molecule has 110 valence electrons. The van der Waals surface area contributed by atoms with Crippen LogP contribution in [-0.2, 0) is 0 Å². The monoisotopic (exact) mass is 364 g/mol. The molecule has 1 N–H and O–H groups in total. The third-order valence-electron chi connectivity index (χ3n) is 3.73. The van der Waals surface area contributed by atoms with Gasteiger partial charge in [-0.1, -0.05) is 22.0 Å². The van der Waals surface area contributed by atoms with E-state index in [9.17, 15) is 4.79 Å². The van der Waals surface area contributed by atoms with Gasteiger partial charge in [-0.3, -0.25) is 4.79 Å². The Hall–Kier alpha value is -1.33. The molecule has 1 saturated heterocycles. The number of halogens is 1. The molecule has 1 fully saturated rings. The van der Waals surface area contributed by atoms with E-state index in [4.69, 9.17) is 0 Å². The van der Waals surface area contributed by atoms with E-state index in [2.05, 4.69) is 33.4 Å². The highest BCUT2D eigenvalue weighted by Crippen LogP contribution is 2.21. The number of anilines is 1. The standard InChI is InChI=1S/C16H17BrN2OS/c17-12-3-5-13(6-4-12)18-14-7-9-19(10-8-14)16(20)15-2-1-11-21-15/h1-6,11,14,18H,7-10H2. The SMILES string of the molecule is O=C(c1cccs1)N1CCC(Nc2ccc(Br)cc2)CC1. The lowest BCUT2D eigenvalue weighted by molar-refractivity contribution is 0.0723. The summed E-state index contributed by atoms with van der Waals surface area (Å²) in [5, 5.41) is 5.50. The van der Waals surface area contributed by atoms with Crippen molar-refractivity contribution in [3.05, 3.63) is 51.1 Å². The van der Waals surface area contributed by atoms with E-state index >= 15 is 0 Å². The van der Waals surface area contributed by atoms with Gasteiger partial charge in [0, 0.05) is 29.3 Å². The molecule has 0 aliphatic carbocycles. The first-order valence-electron chi connectivity index (χ1n) is 7.07. The normalized spacial score (nSPS) is 16.0. The average Bonchev–Trinajstić information content (AvgIpc) is 3.04. The fraction of sp³-hybridized carbons (Fsp3) is 0.312. The first kappa shape index (κ1) is 14.6. The Morgan fingerprint density at radius 1 is 1.19 bits per heavy atom. The maximum Gasteiger partial charge on any atom is 0.263 e. The predicted octanol–water partition coefficient (Wildman–Crippen LogP) is 4.23. The number of carbonyl (C=O) groups is 1. The minimum atomic E-state index is 0.173. The van der Waals surface area contributed by atoms with Gasteiger partial charge in [-0.25, -0.2) is 0 Å². The molecule has 3 nitrogen and oxygen atoms in total. The molecule has 1 aliphatic heterocycles. The molecule has 5 heteroatoms. The molecular formula is C16H17BrN2OS. The van der Waals surface area contributed by atoms with Gasteiger partial charge in [0.25, 0.3) is 5.91 Å². The molecule has 0 radical (unpaired) electrons. The van der Waals surface area contributed by atoms with Crippen molar-refractivity contribution in [3.8, 4) is 0 Å². The van der Waals surface area contributed by atoms with E-state index in [0.717, 1.165) is 41.0 Å². The summed E-state index contributed by atoms with van der Waals surface area (Å²) in [6, 6.07) is 12.5. The van der Waals surface area contributed by atoms with Crippen LogP contribution in [-0.4, -0.2) is 29.9 Å². The van der Waals surface area contributed by atoms with Crippen LogP contribution in [0.25, 0.3) is 0 Å². The van der Waals surface area contributed by atoms with Gasteiger partial charge in [0.05, 0.1) is 4.88 Å². The molecule has 0 atom stereocenters. The van der Waals surface area contributed by atoms with Gasteiger partial charge in [-0.15, -0.1) is 11.3 Å². The molecule has 1 aliphatic rings. The van der Waals surface area contributed by atoms with Gasteiger partial charge < -0.3 is 10.2 Å². The lowest BCUT2D eigenvalue weighted by Gasteiger charge is -2.32. The molecule has 21 heavy (non-hydrogen) atoms. The topological polar surface area (TPSA) is 32.3 Å². The van der Waals surface area contributed by atoms with E-state index in [1.165, 1.54) is 11.3 Å². The molecule has 3 rings (SSSR count). The summed E-state index contributed by atoms with van der Waals surface area (Å²) in [6.45, 7) is 1.65. The second-order valence-electron chi connectivity index (χ2n) is 5.20. The van der Waals surface area contributed by atoms with Crippen LogP contribution >= 0.6 is 27.3 Å². The number of hydrogen-bond acceptors (Lipinski definition) is 3. The fourth-order valence-electron chi connectivity index (χ4n) is 2.56. The van der Waals surface area contributed by atoms with Crippen molar-refractivity contribution in [3.63, 3.8) is 0 Å². The number of nitrogens with zero attached hydrogens (tertiary/aromatic N) is 1. The molecule has 2 heterocycles. The van der Waals surface area contributed by atoms with Crippen molar-refractivity contribution in [2.24, 2.45) is 0 Å². The highest BCUT2D eigenvalue weighted by atomic mass is 79.9. The van der Waals surface area contributed by atoms with Crippen molar-refractivity contribution in [2.45, 2.75) is 18.9 Å². The molecule has 0 saturated carbocycles. The Balaban J connectivity index is 1.53. The summed E-state index contributed by atoms with van der Waals surface area (Å²) < 4.78 is 1.09. The van der Waals surface area contributed by atoms with E-state index in [0.29, 0.717) is 6.04 Å². The van der Waals surface area contributed by atoms with Gasteiger partial charge >= 0.3 is 0 Å². The van der Waals surface area contributed by atoms with Crippen molar-refractivity contribution < 1.29 is 4.79 Å². The number of piperidine rings is 1. The first-order chi connectivity index (χ1) is 10.2. The van der Waals surface area contributed by atoms with Gasteiger partial charge in [-0.2, -0.15) is 0 Å². The van der Waals surface area contributed by atoms with Gasteiger partial charge in [0.15, 0.2) is 0 Å². The van der Waals surface area contributed by atoms with E-state index in [1.807, 2.05) is 34.5 Å². The van der Waals surface area contributed by atoms with E-state index in [-0.39, 0.29) is 5.91 Å². The molecule has 1 amide bonds. The largest absolute Gasteiger partial charge is 0.382 e. The first-order valence-corrected chi connectivity index (χ1v) is 8.74. The number of carbonyl (C=O) groups excluding carboxylic acids is 1. The molecular weight excluding hydrogens is 348 g/mol. The Morgan fingerprint density at radius 2 is 1.90 bits per heavy atom. The van der Waals surface area contributed by atoms with Gasteiger partial charge in [-0.05, 0) is 48.6 Å². The van der Waals surface area contributed by atoms with Crippen molar-refractivity contribution in [1.29, 1.82) is 0 Å². The lowest BCUT2D eigenvalue weighted by Crippen LogP contribution is -2.42. The van der Waals surface area contributed by atoms with Crippen molar-refractivity contribution in [2.75, 3.05) is 18.4 Å². The van der Waals surface area contributed by atoms with Gasteiger partial charge in [0.1, 0.15) is 0 Å². The van der Waals surface area contributed by atoms with E-state index in [1.54, 1.807) is 0 Å². The summed E-state index contributed by atoms with van der Waals surface area (Å²) in [5.74, 6) is 0.173. The van der Waals surface area contributed by atoms with E-state index < -0.39 is 0 Å². The van der Waals surface area contributed by atoms with Crippen LogP contribution in [0.1, 0.15) is 22.5 Å². The summed E-state index contributed by atoms with van der Waals surface area (Å²) in [7, 11) is 0. The van der Waals surface area contributed by atoms with Crippen LogP contribution in [0.15, 0.2) is 46.3 Å².